The number of unbranched alkanes of at least 4 members (excludes halogenated alkanes) is 15. The molecule has 6 atom stereocenters. The number of ketones is 1. The van der Waals surface area contributed by atoms with Crippen LogP contribution in [0.1, 0.15) is 265 Å². The molecule has 6 unspecified atom stereocenters. The zero-order chi connectivity index (χ0) is 50.9. The smallest absolute Gasteiger partial charge is 0.223 e. The molecular weight excluding hydrogens is 901 g/mol. The first-order valence-corrected chi connectivity index (χ1v) is 31.1. The van der Waals surface area contributed by atoms with Gasteiger partial charge in [0.1, 0.15) is 5.78 Å². The van der Waals surface area contributed by atoms with Crippen LogP contribution in [0, 0.1) is 29.6 Å². The number of likely N-dealkylation sites (N-methyl/N-ethyl adjacent to an activating group) is 1. The number of hydrogen-bond acceptors (Lipinski definition) is 8. The second-order valence-electron chi connectivity index (χ2n) is 24.5. The molecule has 6 aliphatic rings. The van der Waals surface area contributed by atoms with Gasteiger partial charge >= 0.3 is 0 Å². The maximum Gasteiger partial charge on any atom is 0.223 e. The highest BCUT2D eigenvalue weighted by Crippen LogP contribution is 2.36. The van der Waals surface area contributed by atoms with Gasteiger partial charge in [-0.2, -0.15) is 0 Å². The highest BCUT2D eigenvalue weighted by molar-refractivity contribution is 5.80. The van der Waals surface area contributed by atoms with Crippen LogP contribution in [-0.4, -0.2) is 91.8 Å². The van der Waals surface area contributed by atoms with E-state index in [4.69, 9.17) is 14.2 Å². The van der Waals surface area contributed by atoms with Crippen molar-refractivity contribution in [2.45, 2.75) is 319 Å². The van der Waals surface area contributed by atoms with E-state index in [1.54, 1.807) is 6.92 Å². The number of Topliss-reactive ketones (excluding diaryl/α,β-unsaturated/α-hetero) is 1. The molecule has 0 spiro atoms. The SMILES string of the molecule is CCCCCCCCCCCCCCCCCCOC1CCC(NC(=O)C2CCC(OC3CCC(C(=O)NC4CC(NC(=O)C5CCC(OC6CCC(C(C)=O)CC6)CC5)CCC4C)CC3)CC2)CC1NC. The van der Waals surface area contributed by atoms with Crippen molar-refractivity contribution in [2.24, 2.45) is 29.6 Å². The summed E-state index contributed by atoms with van der Waals surface area (Å²) in [4.78, 5) is 52.3. The third kappa shape index (κ3) is 20.8. The van der Waals surface area contributed by atoms with Crippen molar-refractivity contribution in [2.75, 3.05) is 13.7 Å². The number of amides is 3. The standard InChI is InChI=1S/C61H108N4O7/c1-5-6-7-8-9-10-11-12-13-14-15-16-17-18-19-20-41-70-58-40-31-51(43-57(58)62-4)64-60(68)48-26-36-54(37-27-48)72-55-38-28-49(29-39-55)61(69)65-56-42-50(30-21-44(56)2)63-59(67)47-24-34-53(35-25-47)71-52-32-22-46(23-33-52)45(3)66/h44,46-58,62H,5-43H2,1-4H3,(H,63,67)(H,64,68)(H,65,69). The second kappa shape index (κ2) is 33.2. The van der Waals surface area contributed by atoms with Crippen molar-refractivity contribution in [3.8, 4) is 0 Å². The summed E-state index contributed by atoms with van der Waals surface area (Å²) in [6.45, 7) is 7.09. The average Bonchev–Trinajstić information content (AvgIpc) is 3.39. The highest BCUT2D eigenvalue weighted by Gasteiger charge is 2.38. The second-order valence-corrected chi connectivity index (χ2v) is 24.5. The van der Waals surface area contributed by atoms with Gasteiger partial charge in [0, 0.05) is 54.4 Å². The van der Waals surface area contributed by atoms with E-state index in [0.717, 1.165) is 154 Å². The van der Waals surface area contributed by atoms with Crippen LogP contribution in [0.25, 0.3) is 0 Å². The van der Waals surface area contributed by atoms with Gasteiger partial charge in [0.2, 0.25) is 17.7 Å². The average molecular weight is 1010 g/mol. The maximum atomic E-state index is 13.6. The third-order valence-corrected chi connectivity index (χ3v) is 18.9. The molecular formula is C61H108N4O7. The Kier molecular flexibility index (Phi) is 27.2. The van der Waals surface area contributed by atoms with E-state index >= 15 is 0 Å². The minimum Gasteiger partial charge on any atom is -0.377 e. The summed E-state index contributed by atoms with van der Waals surface area (Å²) < 4.78 is 19.5. The van der Waals surface area contributed by atoms with Gasteiger partial charge in [-0.3, -0.25) is 19.2 Å². The molecule has 0 saturated heterocycles. The minimum atomic E-state index is 0.0147. The molecule has 414 valence electrons. The molecule has 11 heteroatoms. The molecule has 11 nitrogen and oxygen atoms in total. The molecule has 0 aromatic carbocycles. The predicted octanol–water partition coefficient (Wildman–Crippen LogP) is 12.5. The molecule has 6 saturated carbocycles. The summed E-state index contributed by atoms with van der Waals surface area (Å²) in [7, 11) is 2.04. The van der Waals surface area contributed by atoms with Crippen LogP contribution in [0.2, 0.25) is 0 Å². The molecule has 6 aliphatic carbocycles. The molecule has 6 fully saturated rings. The molecule has 6 rings (SSSR count). The molecule has 3 amide bonds. The number of carbonyl (C=O) groups excluding carboxylic acids is 4. The lowest BCUT2D eigenvalue weighted by Gasteiger charge is -2.38. The Bertz CT molecular complexity index is 1530. The monoisotopic (exact) mass is 1010 g/mol. The van der Waals surface area contributed by atoms with Gasteiger partial charge in [-0.1, -0.05) is 110 Å². The number of ether oxygens (including phenoxy) is 3. The number of nitrogens with one attached hydrogen (secondary N) is 4. The van der Waals surface area contributed by atoms with Crippen LogP contribution in [0.4, 0.5) is 0 Å². The summed E-state index contributed by atoms with van der Waals surface area (Å²) in [5.41, 5.74) is 0. The normalized spacial score (nSPS) is 33.4. The van der Waals surface area contributed by atoms with E-state index in [0.29, 0.717) is 11.7 Å². The maximum absolute atomic E-state index is 13.6. The van der Waals surface area contributed by atoms with Gasteiger partial charge < -0.3 is 35.5 Å². The van der Waals surface area contributed by atoms with E-state index in [-0.39, 0.29) is 96.1 Å². The number of carbonyl (C=O) groups is 4. The van der Waals surface area contributed by atoms with Crippen molar-refractivity contribution in [3.63, 3.8) is 0 Å². The molecule has 4 N–H and O–H groups in total. The molecule has 0 aromatic heterocycles. The third-order valence-electron chi connectivity index (χ3n) is 18.9. The summed E-state index contributed by atoms with van der Waals surface area (Å²) in [5.74, 6) is 1.59. The molecule has 0 heterocycles. The zero-order valence-electron chi connectivity index (χ0n) is 46.5. The van der Waals surface area contributed by atoms with Gasteiger partial charge in [0.25, 0.3) is 0 Å². The van der Waals surface area contributed by atoms with E-state index in [9.17, 15) is 19.2 Å². The van der Waals surface area contributed by atoms with Gasteiger partial charge in [-0.25, -0.2) is 0 Å². The van der Waals surface area contributed by atoms with Gasteiger partial charge in [-0.15, -0.1) is 0 Å². The fourth-order valence-corrected chi connectivity index (χ4v) is 13.8. The lowest BCUT2D eigenvalue weighted by Crippen LogP contribution is -2.51. The van der Waals surface area contributed by atoms with Crippen LogP contribution in [0.5, 0.6) is 0 Å². The van der Waals surface area contributed by atoms with Crippen molar-refractivity contribution < 1.29 is 33.4 Å². The van der Waals surface area contributed by atoms with Crippen LogP contribution in [0.3, 0.4) is 0 Å². The van der Waals surface area contributed by atoms with E-state index < -0.39 is 0 Å². The zero-order valence-corrected chi connectivity index (χ0v) is 46.5. The topological polar surface area (TPSA) is 144 Å². The van der Waals surface area contributed by atoms with Crippen LogP contribution < -0.4 is 21.3 Å². The fourth-order valence-electron chi connectivity index (χ4n) is 13.8. The summed E-state index contributed by atoms with van der Waals surface area (Å²) >= 11 is 0. The first-order chi connectivity index (χ1) is 35.1. The van der Waals surface area contributed by atoms with E-state index in [1.165, 1.54) is 96.3 Å². The Labute approximate surface area is 439 Å². The quantitative estimate of drug-likeness (QED) is 0.0521. The summed E-state index contributed by atoms with van der Waals surface area (Å²) in [6.07, 6.45) is 43.3. The fraction of sp³-hybridized carbons (Fsp3) is 0.934. The van der Waals surface area contributed by atoms with Crippen molar-refractivity contribution >= 4 is 23.5 Å². The lowest BCUT2D eigenvalue weighted by atomic mass is 9.80. The Hall–Kier alpha value is -2.08. The van der Waals surface area contributed by atoms with Crippen molar-refractivity contribution in [3.05, 3.63) is 0 Å². The Balaban J connectivity index is 0.760. The summed E-state index contributed by atoms with van der Waals surface area (Å²) in [6, 6.07) is 0.659. The Morgan fingerprint density at radius 2 is 0.778 bits per heavy atom. The summed E-state index contributed by atoms with van der Waals surface area (Å²) in [5, 5.41) is 13.8. The van der Waals surface area contributed by atoms with E-state index in [1.807, 2.05) is 7.05 Å². The first kappa shape index (κ1) is 59.2. The Morgan fingerprint density at radius 3 is 1.18 bits per heavy atom. The highest BCUT2D eigenvalue weighted by atomic mass is 16.5. The van der Waals surface area contributed by atoms with Crippen molar-refractivity contribution in [1.29, 1.82) is 0 Å². The Morgan fingerprint density at radius 1 is 0.417 bits per heavy atom. The molecule has 0 bridgehead atoms. The molecule has 0 aromatic rings. The van der Waals surface area contributed by atoms with Crippen LogP contribution in [0.15, 0.2) is 0 Å². The van der Waals surface area contributed by atoms with Gasteiger partial charge in [0.15, 0.2) is 0 Å². The largest absolute Gasteiger partial charge is 0.377 e. The molecule has 0 radical (unpaired) electrons. The first-order valence-electron chi connectivity index (χ1n) is 31.1. The van der Waals surface area contributed by atoms with E-state index in [2.05, 4.69) is 35.1 Å². The minimum absolute atomic E-state index is 0.0147. The molecule has 72 heavy (non-hydrogen) atoms. The van der Waals surface area contributed by atoms with Crippen LogP contribution in [-0.2, 0) is 33.4 Å². The van der Waals surface area contributed by atoms with Crippen LogP contribution >= 0.6 is 0 Å². The lowest BCUT2D eigenvalue weighted by molar-refractivity contribution is -0.130. The number of hydrogen-bond donors (Lipinski definition) is 4. The molecule has 0 aliphatic heterocycles. The van der Waals surface area contributed by atoms with Gasteiger partial charge in [0.05, 0.1) is 30.5 Å². The predicted molar refractivity (Wildman–Crippen MR) is 291 cm³/mol. The van der Waals surface area contributed by atoms with Crippen molar-refractivity contribution in [1.82, 2.24) is 21.3 Å². The van der Waals surface area contributed by atoms with Gasteiger partial charge in [-0.05, 0) is 168 Å². The number of rotatable bonds is 30.